The highest BCUT2D eigenvalue weighted by Gasteiger charge is 2.42. The smallest absolute Gasteiger partial charge is 0.251 e. The summed E-state index contributed by atoms with van der Waals surface area (Å²) in [4.78, 5) is 40.3. The summed E-state index contributed by atoms with van der Waals surface area (Å²) in [5, 5.41) is 2.31. The zero-order chi connectivity index (χ0) is 14.5. The fraction of sp³-hybridized carbons (Fsp3) is 0.364. The number of hydrogen-bond donors (Lipinski definition) is 3. The zero-order valence-electron chi connectivity index (χ0n) is 11.0. The third-order valence-corrected chi connectivity index (χ3v) is 3.32. The van der Waals surface area contributed by atoms with Crippen LogP contribution in [0.25, 0.3) is 11.2 Å². The van der Waals surface area contributed by atoms with Crippen LogP contribution in [0.4, 0.5) is 11.8 Å². The molecule has 0 aromatic carbocycles. The predicted octanol–water partition coefficient (Wildman–Crippen LogP) is -0.823. The average Bonchev–Trinajstić information content (AvgIpc) is 2.81. The van der Waals surface area contributed by atoms with Crippen LogP contribution in [0.2, 0.25) is 0 Å². The van der Waals surface area contributed by atoms with E-state index in [4.69, 9.17) is 5.73 Å². The van der Waals surface area contributed by atoms with Crippen LogP contribution in [-0.4, -0.2) is 43.8 Å². The molecule has 0 radical (unpaired) electrons. The van der Waals surface area contributed by atoms with Gasteiger partial charge >= 0.3 is 0 Å². The summed E-state index contributed by atoms with van der Waals surface area (Å²) in [7, 11) is 0. The summed E-state index contributed by atoms with van der Waals surface area (Å²) in [6.45, 7) is 3.41. The molecule has 1 saturated heterocycles. The number of carbonyl (C=O) groups excluding carboxylic acids is 2. The van der Waals surface area contributed by atoms with Crippen LogP contribution >= 0.6 is 0 Å². The summed E-state index contributed by atoms with van der Waals surface area (Å²) in [6, 6.07) is 0. The molecular formula is C11H13N7O2. The van der Waals surface area contributed by atoms with Gasteiger partial charge in [-0.05, 0) is 13.8 Å². The normalized spacial score (nSPS) is 18.4. The van der Waals surface area contributed by atoms with Crippen LogP contribution in [-0.2, 0) is 9.59 Å². The number of amides is 2. The number of piperazine rings is 1. The molecule has 104 valence electrons. The summed E-state index contributed by atoms with van der Waals surface area (Å²) in [5.41, 5.74) is 5.65. The lowest BCUT2D eigenvalue weighted by Crippen LogP contribution is -2.64. The molecule has 1 aliphatic heterocycles. The second-order valence-corrected chi connectivity index (χ2v) is 5.03. The van der Waals surface area contributed by atoms with E-state index in [1.54, 1.807) is 18.7 Å². The quantitative estimate of drug-likeness (QED) is 0.579. The minimum atomic E-state index is -0.938. The van der Waals surface area contributed by atoms with Crippen LogP contribution in [0.3, 0.4) is 0 Å². The van der Waals surface area contributed by atoms with Gasteiger partial charge in [-0.3, -0.25) is 14.9 Å². The van der Waals surface area contributed by atoms with Crippen LogP contribution in [0, 0.1) is 0 Å². The molecule has 2 amide bonds. The van der Waals surface area contributed by atoms with Gasteiger partial charge in [0.1, 0.15) is 11.1 Å². The number of fused-ring (bicyclic) bond motifs is 1. The number of nitrogens with zero attached hydrogens (tertiary/aromatic N) is 4. The Morgan fingerprint density at radius 1 is 1.35 bits per heavy atom. The van der Waals surface area contributed by atoms with Gasteiger partial charge in [-0.15, -0.1) is 0 Å². The van der Waals surface area contributed by atoms with Crippen LogP contribution < -0.4 is 16.0 Å². The molecule has 3 rings (SSSR count). The fourth-order valence-corrected chi connectivity index (χ4v) is 2.15. The van der Waals surface area contributed by atoms with Crippen molar-refractivity contribution in [2.45, 2.75) is 19.4 Å². The second-order valence-electron chi connectivity index (χ2n) is 5.03. The van der Waals surface area contributed by atoms with E-state index in [1.807, 2.05) is 0 Å². The molecule has 9 nitrogen and oxygen atoms in total. The Hall–Kier alpha value is -2.71. The second kappa shape index (κ2) is 3.89. The highest BCUT2D eigenvalue weighted by molar-refractivity contribution is 6.07. The van der Waals surface area contributed by atoms with Crippen molar-refractivity contribution >= 4 is 34.7 Å². The Labute approximate surface area is 113 Å². The van der Waals surface area contributed by atoms with Gasteiger partial charge in [0.05, 0.1) is 12.9 Å². The maximum absolute atomic E-state index is 12.0. The molecule has 2 aromatic heterocycles. The van der Waals surface area contributed by atoms with Crippen molar-refractivity contribution in [3.05, 3.63) is 6.33 Å². The number of H-pyrrole nitrogens is 1. The zero-order valence-corrected chi connectivity index (χ0v) is 11.0. The van der Waals surface area contributed by atoms with E-state index in [9.17, 15) is 9.59 Å². The summed E-state index contributed by atoms with van der Waals surface area (Å²) < 4.78 is 0. The third kappa shape index (κ3) is 1.67. The number of nitrogens with two attached hydrogens (primary N) is 1. The summed E-state index contributed by atoms with van der Waals surface area (Å²) in [5.74, 6) is -0.357. The highest BCUT2D eigenvalue weighted by atomic mass is 16.2. The molecule has 3 heterocycles. The predicted molar refractivity (Wildman–Crippen MR) is 70.7 cm³/mol. The average molecular weight is 275 g/mol. The maximum atomic E-state index is 12.0. The Morgan fingerprint density at radius 3 is 2.85 bits per heavy atom. The van der Waals surface area contributed by atoms with E-state index in [2.05, 4.69) is 25.3 Å². The molecule has 0 saturated carbocycles. The number of hydrogen-bond acceptors (Lipinski definition) is 7. The fourth-order valence-electron chi connectivity index (χ4n) is 2.15. The van der Waals surface area contributed by atoms with Gasteiger partial charge in [0.2, 0.25) is 11.9 Å². The molecule has 20 heavy (non-hydrogen) atoms. The topological polar surface area (TPSA) is 130 Å². The van der Waals surface area contributed by atoms with E-state index in [0.717, 1.165) is 0 Å². The van der Waals surface area contributed by atoms with Crippen molar-refractivity contribution in [2.75, 3.05) is 17.2 Å². The third-order valence-electron chi connectivity index (χ3n) is 3.32. The molecule has 0 spiro atoms. The van der Waals surface area contributed by atoms with Gasteiger partial charge in [0.15, 0.2) is 11.5 Å². The summed E-state index contributed by atoms with van der Waals surface area (Å²) in [6.07, 6.45) is 1.46. The van der Waals surface area contributed by atoms with Gasteiger partial charge in [0, 0.05) is 0 Å². The molecule has 0 bridgehead atoms. The molecule has 9 heteroatoms. The molecule has 0 atom stereocenters. The first-order valence-corrected chi connectivity index (χ1v) is 5.98. The number of aromatic amines is 1. The molecule has 4 N–H and O–H groups in total. The number of nitrogens with one attached hydrogen (secondary N) is 2. The minimum absolute atomic E-state index is 0.00329. The number of nitrogen functional groups attached to an aromatic ring is 1. The van der Waals surface area contributed by atoms with E-state index >= 15 is 0 Å². The number of aromatic nitrogens is 4. The van der Waals surface area contributed by atoms with Crippen molar-refractivity contribution < 1.29 is 9.59 Å². The number of rotatable bonds is 1. The maximum Gasteiger partial charge on any atom is 0.251 e. The van der Waals surface area contributed by atoms with E-state index in [0.29, 0.717) is 17.0 Å². The molecule has 1 fully saturated rings. The standard InChI is InChI=1S/C11H13N7O2/c1-11(2)9(20)15-5(19)3-18(11)8-6-7(14-4-13-6)16-10(12)17-8/h4H,3H2,1-2H3,(H,15,19,20)(H3,12,13,14,16,17). The molecule has 0 unspecified atom stereocenters. The minimum Gasteiger partial charge on any atom is -0.368 e. The van der Waals surface area contributed by atoms with Crippen LogP contribution in [0.15, 0.2) is 6.33 Å². The summed E-state index contributed by atoms with van der Waals surface area (Å²) >= 11 is 0. The first-order chi connectivity index (χ1) is 9.39. The van der Waals surface area contributed by atoms with Crippen molar-refractivity contribution in [1.82, 2.24) is 25.3 Å². The van der Waals surface area contributed by atoms with Crippen LogP contribution in [0.1, 0.15) is 13.8 Å². The number of imide groups is 1. The van der Waals surface area contributed by atoms with Crippen LogP contribution in [0.5, 0.6) is 0 Å². The highest BCUT2D eigenvalue weighted by Crippen LogP contribution is 2.29. The molecule has 2 aromatic rings. The van der Waals surface area contributed by atoms with Gasteiger partial charge in [-0.2, -0.15) is 9.97 Å². The molecule has 1 aliphatic rings. The lowest BCUT2D eigenvalue weighted by Gasteiger charge is -2.40. The van der Waals surface area contributed by atoms with Crippen molar-refractivity contribution in [3.63, 3.8) is 0 Å². The Bertz CT molecular complexity index is 721. The van der Waals surface area contributed by atoms with Crippen molar-refractivity contribution in [1.29, 1.82) is 0 Å². The number of anilines is 2. The van der Waals surface area contributed by atoms with Crippen molar-refractivity contribution in [2.24, 2.45) is 0 Å². The van der Waals surface area contributed by atoms with Gasteiger partial charge in [0.25, 0.3) is 5.91 Å². The Morgan fingerprint density at radius 2 is 2.10 bits per heavy atom. The lowest BCUT2D eigenvalue weighted by atomic mass is 9.98. The first-order valence-electron chi connectivity index (χ1n) is 5.98. The van der Waals surface area contributed by atoms with E-state index < -0.39 is 11.4 Å². The van der Waals surface area contributed by atoms with Gasteiger partial charge < -0.3 is 15.6 Å². The lowest BCUT2D eigenvalue weighted by molar-refractivity contribution is -0.135. The van der Waals surface area contributed by atoms with Gasteiger partial charge in [-0.1, -0.05) is 0 Å². The molecule has 0 aliphatic carbocycles. The van der Waals surface area contributed by atoms with Crippen molar-refractivity contribution in [3.8, 4) is 0 Å². The molecular weight excluding hydrogens is 262 g/mol. The monoisotopic (exact) mass is 275 g/mol. The van der Waals surface area contributed by atoms with Gasteiger partial charge in [-0.25, -0.2) is 4.98 Å². The van der Waals surface area contributed by atoms with E-state index in [-0.39, 0.29) is 18.4 Å². The Kier molecular flexibility index (Phi) is 2.40. The largest absolute Gasteiger partial charge is 0.368 e. The SMILES string of the molecule is CC1(C)C(=O)NC(=O)CN1c1nc(N)nc2nc[nH]c12. The Balaban J connectivity index is 2.20. The number of carbonyl (C=O) groups is 2. The van der Waals surface area contributed by atoms with E-state index in [1.165, 1.54) is 6.33 Å². The number of imidazole rings is 1. The first kappa shape index (κ1) is 12.3.